The van der Waals surface area contributed by atoms with Crippen LogP contribution < -0.4 is 5.32 Å². The van der Waals surface area contributed by atoms with Crippen LogP contribution in [0.2, 0.25) is 0 Å². The number of aryl methyl sites for hydroxylation is 2. The zero-order valence-electron chi connectivity index (χ0n) is 13.5. The van der Waals surface area contributed by atoms with Crippen LogP contribution in [0.5, 0.6) is 0 Å². The maximum absolute atomic E-state index is 12.3. The van der Waals surface area contributed by atoms with Gasteiger partial charge in [-0.1, -0.05) is 31.0 Å². The van der Waals surface area contributed by atoms with E-state index < -0.39 is 0 Å². The van der Waals surface area contributed by atoms with Crippen LogP contribution in [0, 0.1) is 25.2 Å². The highest BCUT2D eigenvalue weighted by Gasteiger charge is 2.22. The molecule has 1 atom stereocenters. The quantitative estimate of drug-likeness (QED) is 0.863. The number of nitrogens with one attached hydrogen (secondary N) is 1. The van der Waals surface area contributed by atoms with E-state index in [0.717, 1.165) is 24.1 Å². The Bertz CT molecular complexity index is 588. The fourth-order valence-corrected chi connectivity index (χ4v) is 3.84. The Kier molecular flexibility index (Phi) is 5.84. The summed E-state index contributed by atoms with van der Waals surface area (Å²) in [7, 11) is 0. The first-order valence-corrected chi connectivity index (χ1v) is 8.74. The largest absolute Gasteiger partial charge is 0.352 e. The molecule has 0 bridgehead atoms. The number of nitriles is 1. The minimum absolute atomic E-state index is 0.0433. The van der Waals surface area contributed by atoms with Crippen molar-refractivity contribution in [2.24, 2.45) is 0 Å². The van der Waals surface area contributed by atoms with E-state index in [9.17, 15) is 10.1 Å². The van der Waals surface area contributed by atoms with Gasteiger partial charge in [-0.15, -0.1) is 0 Å². The number of carbonyl (C=O) groups excluding carboxylic acids is 1. The van der Waals surface area contributed by atoms with Crippen molar-refractivity contribution < 1.29 is 4.79 Å². The Labute approximate surface area is 136 Å². The second-order valence-electron chi connectivity index (χ2n) is 5.98. The molecule has 1 aromatic rings. The van der Waals surface area contributed by atoms with E-state index in [1.54, 1.807) is 0 Å². The maximum Gasteiger partial charge on any atom is 0.233 e. The molecule has 1 aliphatic carbocycles. The summed E-state index contributed by atoms with van der Waals surface area (Å²) in [5.41, 5.74) is 2.36. The fraction of sp³-hybridized carbons (Fsp3) is 0.588. The number of hydrogen-bond donors (Lipinski definition) is 1. The smallest absolute Gasteiger partial charge is 0.233 e. The first kappa shape index (κ1) is 16.8. The summed E-state index contributed by atoms with van der Waals surface area (Å²) in [5, 5.41) is 12.8. The molecule has 1 amide bonds. The standard InChI is InChI=1S/C17H23N3OS/c1-11-9-12(2)19-17(15(11)10-18)22-13(3)16(21)20-14-7-5-4-6-8-14/h9,13-14H,4-8H2,1-3H3,(H,20,21). The molecule has 118 valence electrons. The van der Waals surface area contributed by atoms with Crippen LogP contribution in [0.1, 0.15) is 55.8 Å². The van der Waals surface area contributed by atoms with Gasteiger partial charge in [0.25, 0.3) is 0 Å². The van der Waals surface area contributed by atoms with E-state index in [2.05, 4.69) is 16.4 Å². The zero-order valence-corrected chi connectivity index (χ0v) is 14.3. The van der Waals surface area contributed by atoms with Gasteiger partial charge < -0.3 is 5.32 Å². The molecular weight excluding hydrogens is 294 g/mol. The summed E-state index contributed by atoms with van der Waals surface area (Å²) in [6, 6.07) is 4.41. The lowest BCUT2D eigenvalue weighted by atomic mass is 9.95. The fourth-order valence-electron chi connectivity index (χ4n) is 2.81. The first-order valence-electron chi connectivity index (χ1n) is 7.86. The number of aromatic nitrogens is 1. The van der Waals surface area contributed by atoms with Gasteiger partial charge >= 0.3 is 0 Å². The third kappa shape index (κ3) is 4.23. The number of rotatable bonds is 4. The van der Waals surface area contributed by atoms with E-state index in [-0.39, 0.29) is 11.2 Å². The van der Waals surface area contributed by atoms with Gasteiger partial charge in [0.1, 0.15) is 11.1 Å². The highest BCUT2D eigenvalue weighted by Crippen LogP contribution is 2.28. The van der Waals surface area contributed by atoms with E-state index >= 15 is 0 Å². The van der Waals surface area contributed by atoms with Gasteiger partial charge in [-0.3, -0.25) is 4.79 Å². The normalized spacial score (nSPS) is 16.8. The number of carbonyl (C=O) groups is 1. The zero-order chi connectivity index (χ0) is 16.1. The second-order valence-corrected chi connectivity index (χ2v) is 7.31. The molecule has 22 heavy (non-hydrogen) atoms. The third-order valence-electron chi connectivity index (χ3n) is 4.03. The van der Waals surface area contributed by atoms with Gasteiger partial charge in [0.15, 0.2) is 0 Å². The van der Waals surface area contributed by atoms with Crippen molar-refractivity contribution in [1.82, 2.24) is 10.3 Å². The van der Waals surface area contributed by atoms with Crippen molar-refractivity contribution in [2.75, 3.05) is 0 Å². The first-order chi connectivity index (χ1) is 10.5. The maximum atomic E-state index is 12.3. The summed E-state index contributed by atoms with van der Waals surface area (Å²) < 4.78 is 0. The summed E-state index contributed by atoms with van der Waals surface area (Å²) in [6.07, 6.45) is 5.82. The molecule has 1 unspecified atom stereocenters. The number of amides is 1. The molecule has 1 saturated carbocycles. The topological polar surface area (TPSA) is 65.8 Å². The average Bonchev–Trinajstić information content (AvgIpc) is 2.47. The molecule has 0 radical (unpaired) electrons. The van der Waals surface area contributed by atoms with Gasteiger partial charge in [0.05, 0.1) is 10.8 Å². The lowest BCUT2D eigenvalue weighted by Crippen LogP contribution is -2.40. The van der Waals surface area contributed by atoms with Crippen molar-refractivity contribution in [1.29, 1.82) is 5.26 Å². The predicted molar refractivity (Wildman–Crippen MR) is 88.8 cm³/mol. The van der Waals surface area contributed by atoms with Gasteiger partial charge in [0, 0.05) is 11.7 Å². The van der Waals surface area contributed by atoms with Crippen LogP contribution in [0.3, 0.4) is 0 Å². The molecule has 1 aliphatic rings. The number of hydrogen-bond acceptors (Lipinski definition) is 4. The van der Waals surface area contributed by atoms with E-state index in [0.29, 0.717) is 16.6 Å². The molecule has 4 nitrogen and oxygen atoms in total. The van der Waals surface area contributed by atoms with Crippen LogP contribution in [0.15, 0.2) is 11.1 Å². The van der Waals surface area contributed by atoms with Crippen LogP contribution in [-0.4, -0.2) is 22.2 Å². The molecule has 1 fully saturated rings. The van der Waals surface area contributed by atoms with Crippen LogP contribution in [0.4, 0.5) is 0 Å². The van der Waals surface area contributed by atoms with Gasteiger partial charge in [0.2, 0.25) is 5.91 Å². The molecule has 0 aromatic carbocycles. The third-order valence-corrected chi connectivity index (χ3v) is 5.12. The minimum Gasteiger partial charge on any atom is -0.352 e. The van der Waals surface area contributed by atoms with Crippen LogP contribution in [-0.2, 0) is 4.79 Å². The molecule has 0 saturated heterocycles. The molecule has 5 heteroatoms. The molecule has 1 N–H and O–H groups in total. The summed E-state index contributed by atoms with van der Waals surface area (Å²) in [4.78, 5) is 16.8. The van der Waals surface area contributed by atoms with Crippen molar-refractivity contribution >= 4 is 17.7 Å². The van der Waals surface area contributed by atoms with Crippen LogP contribution in [0.25, 0.3) is 0 Å². The van der Waals surface area contributed by atoms with E-state index in [1.807, 2.05) is 26.8 Å². The van der Waals surface area contributed by atoms with Gasteiger partial charge in [-0.2, -0.15) is 5.26 Å². The average molecular weight is 317 g/mol. The molecule has 2 rings (SSSR count). The van der Waals surface area contributed by atoms with Gasteiger partial charge in [-0.25, -0.2) is 4.98 Å². The van der Waals surface area contributed by atoms with E-state index in [4.69, 9.17) is 0 Å². The van der Waals surface area contributed by atoms with Gasteiger partial charge in [-0.05, 0) is 45.2 Å². The predicted octanol–water partition coefficient (Wildman–Crippen LogP) is 3.50. The molecule has 1 heterocycles. The highest BCUT2D eigenvalue weighted by atomic mass is 32.2. The molecule has 0 spiro atoms. The van der Waals surface area contributed by atoms with Crippen molar-refractivity contribution in [3.05, 3.63) is 22.9 Å². The SMILES string of the molecule is Cc1cc(C)c(C#N)c(SC(C)C(=O)NC2CCCCC2)n1. The lowest BCUT2D eigenvalue weighted by Gasteiger charge is -2.24. The number of nitrogens with zero attached hydrogens (tertiary/aromatic N) is 2. The Balaban J connectivity index is 2.03. The summed E-state index contributed by atoms with van der Waals surface area (Å²) in [6.45, 7) is 5.69. The molecule has 0 aliphatic heterocycles. The van der Waals surface area contributed by atoms with Crippen molar-refractivity contribution in [3.8, 4) is 6.07 Å². The van der Waals surface area contributed by atoms with Crippen LogP contribution >= 0.6 is 11.8 Å². The minimum atomic E-state index is -0.247. The lowest BCUT2D eigenvalue weighted by molar-refractivity contribution is -0.121. The Morgan fingerprint density at radius 3 is 2.73 bits per heavy atom. The number of thioether (sulfide) groups is 1. The molecule has 1 aromatic heterocycles. The van der Waals surface area contributed by atoms with E-state index in [1.165, 1.54) is 31.0 Å². The monoisotopic (exact) mass is 317 g/mol. The van der Waals surface area contributed by atoms with Crippen molar-refractivity contribution in [3.63, 3.8) is 0 Å². The number of pyridine rings is 1. The van der Waals surface area contributed by atoms with Crippen molar-refractivity contribution in [2.45, 2.75) is 69.2 Å². The molecular formula is C17H23N3OS. The second kappa shape index (κ2) is 7.64. The summed E-state index contributed by atoms with van der Waals surface area (Å²) >= 11 is 1.37. The summed E-state index contributed by atoms with van der Waals surface area (Å²) in [5.74, 6) is 0.0433. The highest BCUT2D eigenvalue weighted by molar-refractivity contribution is 8.00. The Morgan fingerprint density at radius 2 is 2.09 bits per heavy atom. The Hall–Kier alpha value is -1.54. The Morgan fingerprint density at radius 1 is 1.41 bits per heavy atom.